The first-order chi connectivity index (χ1) is 11.0. The Morgan fingerprint density at radius 1 is 1.30 bits per heavy atom. The molecule has 0 spiro atoms. The van der Waals surface area contributed by atoms with Gasteiger partial charge in [0.15, 0.2) is 5.82 Å². The number of urea groups is 1. The minimum Gasteiger partial charge on any atom is -0.360 e. The fourth-order valence-corrected chi connectivity index (χ4v) is 2.39. The van der Waals surface area contributed by atoms with E-state index >= 15 is 0 Å². The number of anilines is 1. The molecule has 7 heteroatoms. The molecule has 3 aromatic rings. The van der Waals surface area contributed by atoms with Crippen LogP contribution in [0.2, 0.25) is 0 Å². The third kappa shape index (κ3) is 3.33. The van der Waals surface area contributed by atoms with E-state index < -0.39 is 0 Å². The molecular formula is C16H19N5O2. The highest BCUT2D eigenvalue weighted by molar-refractivity contribution is 5.88. The molecule has 0 aliphatic carbocycles. The van der Waals surface area contributed by atoms with Crippen molar-refractivity contribution >= 4 is 22.9 Å². The van der Waals surface area contributed by atoms with Gasteiger partial charge in [-0.1, -0.05) is 31.1 Å². The maximum atomic E-state index is 12.2. The monoisotopic (exact) mass is 313 g/mol. The summed E-state index contributed by atoms with van der Waals surface area (Å²) in [7, 11) is 0. The molecule has 0 bridgehead atoms. The van der Waals surface area contributed by atoms with E-state index in [-0.39, 0.29) is 18.0 Å². The highest BCUT2D eigenvalue weighted by Gasteiger charge is 2.22. The number of rotatable bonds is 4. The second kappa shape index (κ2) is 6.12. The SMILES string of the molecule is Cc1cc(NC(=O)N[C@@H](c2nc3ccccc3[nH]2)C(C)C)no1. The second-order valence-corrected chi connectivity index (χ2v) is 5.78. The third-order valence-corrected chi connectivity index (χ3v) is 3.53. The van der Waals surface area contributed by atoms with Crippen molar-refractivity contribution < 1.29 is 9.32 Å². The summed E-state index contributed by atoms with van der Waals surface area (Å²) in [5.41, 5.74) is 1.82. The summed E-state index contributed by atoms with van der Waals surface area (Å²) >= 11 is 0. The number of H-pyrrole nitrogens is 1. The fourth-order valence-electron chi connectivity index (χ4n) is 2.39. The van der Waals surface area contributed by atoms with Gasteiger partial charge in [0, 0.05) is 6.07 Å². The number of nitrogens with one attached hydrogen (secondary N) is 3. The van der Waals surface area contributed by atoms with Crippen LogP contribution in [-0.4, -0.2) is 21.2 Å². The molecule has 23 heavy (non-hydrogen) atoms. The number of nitrogens with zero attached hydrogens (tertiary/aromatic N) is 2. The fraction of sp³-hybridized carbons (Fsp3) is 0.312. The van der Waals surface area contributed by atoms with Crippen LogP contribution in [0.1, 0.15) is 31.5 Å². The number of aromatic amines is 1. The van der Waals surface area contributed by atoms with Crippen molar-refractivity contribution in [3.8, 4) is 0 Å². The number of imidazole rings is 1. The van der Waals surface area contributed by atoms with Crippen LogP contribution >= 0.6 is 0 Å². The summed E-state index contributed by atoms with van der Waals surface area (Å²) in [6.07, 6.45) is 0. The molecule has 0 aliphatic rings. The molecule has 0 radical (unpaired) electrons. The zero-order chi connectivity index (χ0) is 16.4. The molecule has 3 N–H and O–H groups in total. The Morgan fingerprint density at radius 3 is 2.74 bits per heavy atom. The maximum absolute atomic E-state index is 12.2. The number of hydrogen-bond donors (Lipinski definition) is 3. The predicted molar refractivity (Wildman–Crippen MR) is 87.1 cm³/mol. The van der Waals surface area contributed by atoms with E-state index in [0.717, 1.165) is 16.9 Å². The Labute approximate surface area is 133 Å². The number of fused-ring (bicyclic) bond motifs is 1. The summed E-state index contributed by atoms with van der Waals surface area (Å²) in [6, 6.07) is 8.84. The van der Waals surface area contributed by atoms with Crippen LogP contribution in [0.3, 0.4) is 0 Å². The molecule has 2 heterocycles. The quantitative estimate of drug-likeness (QED) is 0.688. The second-order valence-electron chi connectivity index (χ2n) is 5.78. The lowest BCUT2D eigenvalue weighted by Crippen LogP contribution is -2.35. The van der Waals surface area contributed by atoms with Crippen molar-refractivity contribution in [1.29, 1.82) is 0 Å². The number of amides is 2. The number of benzene rings is 1. The van der Waals surface area contributed by atoms with E-state index in [9.17, 15) is 4.79 Å². The van der Waals surface area contributed by atoms with Crippen molar-refractivity contribution in [2.45, 2.75) is 26.8 Å². The zero-order valence-electron chi connectivity index (χ0n) is 13.3. The molecule has 2 amide bonds. The van der Waals surface area contributed by atoms with Gasteiger partial charge in [-0.3, -0.25) is 5.32 Å². The van der Waals surface area contributed by atoms with Crippen LogP contribution in [-0.2, 0) is 0 Å². The third-order valence-electron chi connectivity index (χ3n) is 3.53. The van der Waals surface area contributed by atoms with Crippen molar-refractivity contribution in [3.63, 3.8) is 0 Å². The van der Waals surface area contributed by atoms with E-state index in [1.807, 2.05) is 38.1 Å². The van der Waals surface area contributed by atoms with Gasteiger partial charge in [0.25, 0.3) is 0 Å². The Bertz CT molecular complexity index is 788. The number of aromatic nitrogens is 3. The van der Waals surface area contributed by atoms with Crippen LogP contribution in [0.4, 0.5) is 10.6 Å². The van der Waals surface area contributed by atoms with E-state index in [1.165, 1.54) is 0 Å². The predicted octanol–water partition coefficient (Wildman–Crippen LogP) is 3.38. The molecule has 0 fully saturated rings. The van der Waals surface area contributed by atoms with Crippen LogP contribution in [0, 0.1) is 12.8 Å². The molecule has 0 saturated heterocycles. The first-order valence-electron chi connectivity index (χ1n) is 7.48. The van der Waals surface area contributed by atoms with Gasteiger partial charge >= 0.3 is 6.03 Å². The highest BCUT2D eigenvalue weighted by Crippen LogP contribution is 2.22. The average molecular weight is 313 g/mol. The van der Waals surface area contributed by atoms with Crippen molar-refractivity contribution in [1.82, 2.24) is 20.4 Å². The first kappa shape index (κ1) is 15.1. The van der Waals surface area contributed by atoms with Gasteiger partial charge in [0.2, 0.25) is 0 Å². The van der Waals surface area contributed by atoms with E-state index in [2.05, 4.69) is 25.8 Å². The van der Waals surface area contributed by atoms with Gasteiger partial charge in [-0.25, -0.2) is 9.78 Å². The van der Waals surface area contributed by atoms with Crippen LogP contribution in [0.15, 0.2) is 34.9 Å². The Morgan fingerprint density at radius 2 is 2.09 bits per heavy atom. The number of carbonyl (C=O) groups excluding carboxylic acids is 1. The van der Waals surface area contributed by atoms with Crippen LogP contribution in [0.25, 0.3) is 11.0 Å². The normalized spacial score (nSPS) is 12.5. The van der Waals surface area contributed by atoms with E-state index in [1.54, 1.807) is 13.0 Å². The maximum Gasteiger partial charge on any atom is 0.321 e. The van der Waals surface area contributed by atoms with Crippen molar-refractivity contribution in [2.24, 2.45) is 5.92 Å². The number of carbonyl (C=O) groups is 1. The molecule has 1 aromatic carbocycles. The average Bonchev–Trinajstić information content (AvgIpc) is 3.10. The molecule has 7 nitrogen and oxygen atoms in total. The first-order valence-corrected chi connectivity index (χ1v) is 7.48. The molecular weight excluding hydrogens is 294 g/mol. The molecule has 2 aromatic heterocycles. The summed E-state index contributed by atoms with van der Waals surface area (Å²) in [6.45, 7) is 5.82. The standard InChI is InChI=1S/C16H19N5O2/c1-9(2)14(15-17-11-6-4-5-7-12(11)18-15)20-16(22)19-13-8-10(3)23-21-13/h4-9,14H,1-3H3,(H,17,18)(H2,19,20,21,22)/t14-/m1/s1. The van der Waals surface area contributed by atoms with Gasteiger partial charge in [0.05, 0.1) is 17.1 Å². The van der Waals surface area contributed by atoms with Gasteiger partial charge in [-0.15, -0.1) is 0 Å². The smallest absolute Gasteiger partial charge is 0.321 e. The molecule has 0 unspecified atom stereocenters. The lowest BCUT2D eigenvalue weighted by atomic mass is 10.0. The van der Waals surface area contributed by atoms with Crippen LogP contribution < -0.4 is 10.6 Å². The Hall–Kier alpha value is -2.83. The largest absolute Gasteiger partial charge is 0.360 e. The van der Waals surface area contributed by atoms with E-state index in [4.69, 9.17) is 4.52 Å². The lowest BCUT2D eigenvalue weighted by Gasteiger charge is -2.20. The molecule has 0 saturated carbocycles. The van der Waals surface area contributed by atoms with Gasteiger partial charge in [-0.05, 0) is 25.0 Å². The minimum absolute atomic E-state index is 0.167. The number of aryl methyl sites for hydroxylation is 1. The summed E-state index contributed by atoms with van der Waals surface area (Å²) in [5, 5.41) is 9.33. The molecule has 3 rings (SSSR count). The zero-order valence-corrected chi connectivity index (χ0v) is 13.3. The lowest BCUT2D eigenvalue weighted by molar-refractivity contribution is 0.243. The summed E-state index contributed by atoms with van der Waals surface area (Å²) in [5.74, 6) is 1.91. The van der Waals surface area contributed by atoms with Crippen LogP contribution in [0.5, 0.6) is 0 Å². The Balaban J connectivity index is 1.77. The van der Waals surface area contributed by atoms with E-state index in [0.29, 0.717) is 11.6 Å². The highest BCUT2D eigenvalue weighted by atomic mass is 16.5. The van der Waals surface area contributed by atoms with Crippen molar-refractivity contribution in [3.05, 3.63) is 41.9 Å². The number of hydrogen-bond acceptors (Lipinski definition) is 4. The summed E-state index contributed by atoms with van der Waals surface area (Å²) < 4.78 is 4.93. The molecule has 120 valence electrons. The minimum atomic E-state index is -0.350. The Kier molecular flexibility index (Phi) is 4.01. The van der Waals surface area contributed by atoms with Gasteiger partial charge in [-0.2, -0.15) is 0 Å². The number of para-hydroxylation sites is 2. The molecule has 0 aliphatic heterocycles. The summed E-state index contributed by atoms with van der Waals surface area (Å²) in [4.78, 5) is 20.0. The van der Waals surface area contributed by atoms with Gasteiger partial charge < -0.3 is 14.8 Å². The van der Waals surface area contributed by atoms with Gasteiger partial charge in [0.1, 0.15) is 11.6 Å². The topological polar surface area (TPSA) is 95.8 Å². The van der Waals surface area contributed by atoms with Crippen molar-refractivity contribution in [2.75, 3.05) is 5.32 Å². The molecule has 1 atom stereocenters.